The van der Waals surface area contributed by atoms with Crippen LogP contribution in [0.4, 0.5) is 4.79 Å². The number of carbonyl (C=O) groups excluding carboxylic acids is 2. The maximum Gasteiger partial charge on any atom is 0.407 e. The third-order valence-corrected chi connectivity index (χ3v) is 3.25. The molecule has 2 amide bonds. The van der Waals surface area contributed by atoms with E-state index in [1.54, 1.807) is 32.1 Å². The molecule has 5 nitrogen and oxygen atoms in total. The van der Waals surface area contributed by atoms with E-state index in [2.05, 4.69) is 10.6 Å². The van der Waals surface area contributed by atoms with Crippen molar-refractivity contribution in [1.29, 1.82) is 0 Å². The number of aryl methyl sites for hydroxylation is 1. The van der Waals surface area contributed by atoms with E-state index in [1.165, 1.54) is 4.88 Å². The number of rotatable bonds is 5. The molecule has 20 heavy (non-hydrogen) atoms. The molecule has 6 heteroatoms. The lowest BCUT2D eigenvalue weighted by atomic mass is 10.2. The highest BCUT2D eigenvalue weighted by Crippen LogP contribution is 2.15. The summed E-state index contributed by atoms with van der Waals surface area (Å²) in [7, 11) is 0. The summed E-state index contributed by atoms with van der Waals surface area (Å²) in [6.45, 7) is 8.16. The molecule has 0 unspecified atom stereocenters. The Balaban J connectivity index is 2.15. The molecule has 0 radical (unpaired) electrons. The summed E-state index contributed by atoms with van der Waals surface area (Å²) in [6, 6.07) is 3.95. The number of hydrogen-bond acceptors (Lipinski definition) is 4. The van der Waals surface area contributed by atoms with E-state index in [9.17, 15) is 9.59 Å². The van der Waals surface area contributed by atoms with Crippen LogP contribution in [0.25, 0.3) is 0 Å². The summed E-state index contributed by atoms with van der Waals surface area (Å²) in [4.78, 5) is 25.2. The van der Waals surface area contributed by atoms with E-state index < -0.39 is 11.7 Å². The number of hydrogen-bond donors (Lipinski definition) is 2. The summed E-state index contributed by atoms with van der Waals surface area (Å²) in [6.07, 6.45) is -0.0917. The Morgan fingerprint density at radius 2 is 1.85 bits per heavy atom. The molecule has 1 aromatic heterocycles. The number of ether oxygens (including phenoxy) is 1. The number of nitrogens with one attached hydrogen (secondary N) is 2. The molecule has 2 N–H and O–H groups in total. The van der Waals surface area contributed by atoms with Crippen LogP contribution in [-0.2, 0) is 16.0 Å². The molecule has 0 atom stereocenters. The molecular formula is C14H22N2O3S. The molecule has 0 fully saturated rings. The van der Waals surface area contributed by atoms with Crippen LogP contribution in [0.2, 0.25) is 0 Å². The molecule has 0 saturated carbocycles. The third kappa shape index (κ3) is 7.13. The van der Waals surface area contributed by atoms with E-state index in [4.69, 9.17) is 4.74 Å². The maximum absolute atomic E-state index is 11.6. The SMILES string of the molecule is Cc1ccc(CC(=O)NCCNC(=O)OC(C)(C)C)s1. The highest BCUT2D eigenvalue weighted by atomic mass is 32.1. The molecular weight excluding hydrogens is 276 g/mol. The number of amides is 2. The van der Waals surface area contributed by atoms with Crippen molar-refractivity contribution in [2.75, 3.05) is 13.1 Å². The molecule has 0 aliphatic rings. The molecule has 0 aliphatic heterocycles. The fourth-order valence-corrected chi connectivity index (χ4v) is 2.37. The van der Waals surface area contributed by atoms with Gasteiger partial charge in [-0.05, 0) is 39.8 Å². The average Bonchev–Trinajstić information content (AvgIpc) is 2.68. The van der Waals surface area contributed by atoms with Crippen LogP contribution in [0, 0.1) is 6.92 Å². The highest BCUT2D eigenvalue weighted by molar-refractivity contribution is 7.12. The predicted octanol–water partition coefficient (Wildman–Crippen LogP) is 2.24. The fourth-order valence-electron chi connectivity index (χ4n) is 1.48. The van der Waals surface area contributed by atoms with Gasteiger partial charge in [0.05, 0.1) is 6.42 Å². The largest absolute Gasteiger partial charge is 0.444 e. The lowest BCUT2D eigenvalue weighted by Crippen LogP contribution is -2.38. The van der Waals surface area contributed by atoms with Crippen LogP contribution >= 0.6 is 11.3 Å². The first-order chi connectivity index (χ1) is 9.26. The van der Waals surface area contributed by atoms with E-state index in [0.717, 1.165) is 4.88 Å². The van der Waals surface area contributed by atoms with E-state index >= 15 is 0 Å². The van der Waals surface area contributed by atoms with Gasteiger partial charge in [0.25, 0.3) is 0 Å². The fraction of sp³-hybridized carbons (Fsp3) is 0.571. The summed E-state index contributed by atoms with van der Waals surface area (Å²) in [5.74, 6) is -0.0437. The Bertz CT molecular complexity index is 463. The number of alkyl carbamates (subject to hydrolysis) is 1. The molecule has 1 aromatic rings. The van der Waals surface area contributed by atoms with Crippen molar-refractivity contribution in [2.24, 2.45) is 0 Å². The standard InChI is InChI=1S/C14H22N2O3S/c1-10-5-6-11(20-10)9-12(17)15-7-8-16-13(18)19-14(2,3)4/h5-6H,7-9H2,1-4H3,(H,15,17)(H,16,18). The Hall–Kier alpha value is -1.56. The lowest BCUT2D eigenvalue weighted by Gasteiger charge is -2.19. The number of carbonyl (C=O) groups is 2. The smallest absolute Gasteiger partial charge is 0.407 e. The summed E-state index contributed by atoms with van der Waals surface area (Å²) < 4.78 is 5.08. The second-order valence-electron chi connectivity index (χ2n) is 5.47. The van der Waals surface area contributed by atoms with Gasteiger partial charge >= 0.3 is 6.09 Å². The van der Waals surface area contributed by atoms with Gasteiger partial charge in [-0.2, -0.15) is 0 Å². The van der Waals surface area contributed by atoms with Crippen LogP contribution < -0.4 is 10.6 Å². The van der Waals surface area contributed by atoms with Gasteiger partial charge in [0, 0.05) is 22.8 Å². The molecule has 0 bridgehead atoms. The quantitative estimate of drug-likeness (QED) is 0.819. The van der Waals surface area contributed by atoms with Crippen LogP contribution in [0.5, 0.6) is 0 Å². The average molecular weight is 298 g/mol. The first-order valence-electron chi connectivity index (χ1n) is 6.55. The van der Waals surface area contributed by atoms with Gasteiger partial charge in [0.15, 0.2) is 0 Å². The first-order valence-corrected chi connectivity index (χ1v) is 7.37. The monoisotopic (exact) mass is 298 g/mol. The summed E-state index contributed by atoms with van der Waals surface area (Å²) in [5.41, 5.74) is -0.510. The van der Waals surface area contributed by atoms with Crippen molar-refractivity contribution in [3.8, 4) is 0 Å². The minimum absolute atomic E-state index is 0.0437. The Kier molecular flexibility index (Phi) is 6.01. The van der Waals surface area contributed by atoms with Crippen LogP contribution in [0.15, 0.2) is 12.1 Å². The Morgan fingerprint density at radius 3 is 2.40 bits per heavy atom. The van der Waals surface area contributed by atoms with Gasteiger partial charge in [-0.3, -0.25) is 4.79 Å². The molecule has 1 heterocycles. The van der Waals surface area contributed by atoms with Gasteiger partial charge in [-0.1, -0.05) is 0 Å². The Morgan fingerprint density at radius 1 is 1.20 bits per heavy atom. The molecule has 112 valence electrons. The van der Waals surface area contributed by atoms with Crippen LogP contribution in [0.1, 0.15) is 30.5 Å². The minimum atomic E-state index is -0.510. The van der Waals surface area contributed by atoms with E-state index in [-0.39, 0.29) is 5.91 Å². The van der Waals surface area contributed by atoms with Crippen molar-refractivity contribution in [1.82, 2.24) is 10.6 Å². The van der Waals surface area contributed by atoms with Gasteiger partial charge in [-0.25, -0.2) is 4.79 Å². The van der Waals surface area contributed by atoms with Crippen molar-refractivity contribution in [3.05, 3.63) is 21.9 Å². The summed E-state index contributed by atoms with van der Waals surface area (Å²) >= 11 is 1.62. The zero-order valence-electron chi connectivity index (χ0n) is 12.4. The highest BCUT2D eigenvalue weighted by Gasteiger charge is 2.15. The minimum Gasteiger partial charge on any atom is -0.444 e. The normalized spacial score (nSPS) is 11.0. The lowest BCUT2D eigenvalue weighted by molar-refractivity contribution is -0.120. The van der Waals surface area contributed by atoms with Gasteiger partial charge in [0.1, 0.15) is 5.60 Å². The van der Waals surface area contributed by atoms with Gasteiger partial charge in [0.2, 0.25) is 5.91 Å². The third-order valence-electron chi connectivity index (χ3n) is 2.25. The zero-order chi connectivity index (χ0) is 15.2. The predicted molar refractivity (Wildman–Crippen MR) is 80.0 cm³/mol. The van der Waals surface area contributed by atoms with E-state index in [1.807, 2.05) is 19.1 Å². The van der Waals surface area contributed by atoms with Crippen molar-refractivity contribution < 1.29 is 14.3 Å². The summed E-state index contributed by atoms with van der Waals surface area (Å²) in [5, 5.41) is 5.35. The molecule has 0 aliphatic carbocycles. The van der Waals surface area contributed by atoms with Crippen molar-refractivity contribution in [3.63, 3.8) is 0 Å². The molecule has 0 saturated heterocycles. The van der Waals surface area contributed by atoms with Crippen molar-refractivity contribution >= 4 is 23.3 Å². The van der Waals surface area contributed by atoms with Gasteiger partial charge < -0.3 is 15.4 Å². The molecule has 1 rings (SSSR count). The molecule has 0 spiro atoms. The van der Waals surface area contributed by atoms with Crippen LogP contribution in [0.3, 0.4) is 0 Å². The maximum atomic E-state index is 11.6. The topological polar surface area (TPSA) is 67.4 Å². The Labute approximate surface area is 123 Å². The zero-order valence-corrected chi connectivity index (χ0v) is 13.2. The second kappa shape index (κ2) is 7.28. The van der Waals surface area contributed by atoms with E-state index in [0.29, 0.717) is 19.5 Å². The molecule has 0 aromatic carbocycles. The second-order valence-corrected chi connectivity index (χ2v) is 6.84. The first kappa shape index (κ1) is 16.5. The van der Waals surface area contributed by atoms with Gasteiger partial charge in [-0.15, -0.1) is 11.3 Å². The van der Waals surface area contributed by atoms with Crippen molar-refractivity contribution in [2.45, 2.75) is 39.7 Å². The van der Waals surface area contributed by atoms with Crippen LogP contribution in [-0.4, -0.2) is 30.7 Å². The number of thiophene rings is 1.